The molecule has 0 fully saturated rings. The Labute approximate surface area is 135 Å². The van der Waals surface area contributed by atoms with Gasteiger partial charge in [-0.15, -0.1) is 11.3 Å². The second kappa shape index (κ2) is 7.74. The van der Waals surface area contributed by atoms with Crippen LogP contribution >= 0.6 is 11.3 Å². The van der Waals surface area contributed by atoms with Crippen molar-refractivity contribution in [3.63, 3.8) is 0 Å². The standard InChI is InChI=1S/C16H24N2O3S/c1-12(19)5-8-17(2)15(20)3-4-16(21)18-9-6-14-13(11-18)7-10-22-14/h7,10,12,19H,3-6,8-9,11H2,1-2H3. The van der Waals surface area contributed by atoms with E-state index in [2.05, 4.69) is 11.4 Å². The highest BCUT2D eigenvalue weighted by molar-refractivity contribution is 7.10. The molecular weight excluding hydrogens is 300 g/mol. The van der Waals surface area contributed by atoms with Crippen LogP contribution in [0.2, 0.25) is 0 Å². The van der Waals surface area contributed by atoms with Crippen LogP contribution in [0.5, 0.6) is 0 Å². The van der Waals surface area contributed by atoms with Crippen molar-refractivity contribution in [2.75, 3.05) is 20.1 Å². The van der Waals surface area contributed by atoms with Gasteiger partial charge in [0.1, 0.15) is 0 Å². The zero-order chi connectivity index (χ0) is 16.1. The van der Waals surface area contributed by atoms with Gasteiger partial charge in [0.2, 0.25) is 11.8 Å². The summed E-state index contributed by atoms with van der Waals surface area (Å²) in [6, 6.07) is 2.08. The molecule has 1 aliphatic heterocycles. The summed E-state index contributed by atoms with van der Waals surface area (Å²) in [6.45, 7) is 3.64. The van der Waals surface area contributed by atoms with Crippen LogP contribution in [0.3, 0.4) is 0 Å². The molecule has 0 spiro atoms. The Bertz CT molecular complexity index is 527. The van der Waals surface area contributed by atoms with Crippen molar-refractivity contribution < 1.29 is 14.7 Å². The van der Waals surface area contributed by atoms with Gasteiger partial charge < -0.3 is 14.9 Å². The molecule has 1 atom stereocenters. The van der Waals surface area contributed by atoms with E-state index in [0.717, 1.165) is 13.0 Å². The van der Waals surface area contributed by atoms with Crippen LogP contribution in [0, 0.1) is 0 Å². The maximum absolute atomic E-state index is 12.2. The van der Waals surface area contributed by atoms with E-state index in [1.54, 1.807) is 30.2 Å². The summed E-state index contributed by atoms with van der Waals surface area (Å²) in [5.74, 6) is 0.0105. The van der Waals surface area contributed by atoms with Gasteiger partial charge in [0.15, 0.2) is 0 Å². The lowest BCUT2D eigenvalue weighted by atomic mass is 10.1. The average Bonchev–Trinajstić information content (AvgIpc) is 2.97. The third kappa shape index (κ3) is 4.55. The summed E-state index contributed by atoms with van der Waals surface area (Å²) in [5, 5.41) is 11.3. The molecule has 0 aromatic carbocycles. The van der Waals surface area contributed by atoms with Gasteiger partial charge in [-0.05, 0) is 36.8 Å². The van der Waals surface area contributed by atoms with E-state index in [1.807, 2.05) is 4.90 Å². The molecule has 2 heterocycles. The number of carbonyl (C=O) groups excluding carboxylic acids is 2. The van der Waals surface area contributed by atoms with Crippen molar-refractivity contribution >= 4 is 23.2 Å². The first-order valence-corrected chi connectivity index (χ1v) is 8.60. The minimum absolute atomic E-state index is 0.0396. The normalized spacial score (nSPS) is 15.3. The molecule has 5 nitrogen and oxygen atoms in total. The summed E-state index contributed by atoms with van der Waals surface area (Å²) in [6.07, 6.45) is 1.56. The van der Waals surface area contributed by atoms with Crippen molar-refractivity contribution in [1.29, 1.82) is 0 Å². The van der Waals surface area contributed by atoms with Crippen molar-refractivity contribution in [1.82, 2.24) is 9.80 Å². The molecule has 122 valence electrons. The Morgan fingerprint density at radius 3 is 2.95 bits per heavy atom. The third-order valence-corrected chi connectivity index (χ3v) is 5.04. The lowest BCUT2D eigenvalue weighted by Gasteiger charge is -2.27. The molecule has 0 aliphatic carbocycles. The van der Waals surface area contributed by atoms with Crippen LogP contribution in [0.1, 0.15) is 36.6 Å². The molecule has 1 aromatic rings. The number of carbonyl (C=O) groups is 2. The fourth-order valence-electron chi connectivity index (χ4n) is 2.53. The minimum Gasteiger partial charge on any atom is -0.393 e. The number of hydrogen-bond donors (Lipinski definition) is 1. The van der Waals surface area contributed by atoms with Crippen molar-refractivity contribution in [3.8, 4) is 0 Å². The van der Waals surface area contributed by atoms with Crippen LogP contribution < -0.4 is 0 Å². The third-order valence-electron chi connectivity index (χ3n) is 4.02. The van der Waals surface area contributed by atoms with Gasteiger partial charge in [-0.3, -0.25) is 9.59 Å². The van der Waals surface area contributed by atoms with E-state index in [-0.39, 0.29) is 24.7 Å². The molecule has 2 rings (SSSR count). The highest BCUT2D eigenvalue weighted by atomic mass is 32.1. The molecule has 0 saturated heterocycles. The monoisotopic (exact) mass is 324 g/mol. The first kappa shape index (κ1) is 17.0. The lowest BCUT2D eigenvalue weighted by molar-refractivity contribution is -0.137. The molecule has 0 bridgehead atoms. The zero-order valence-corrected chi connectivity index (χ0v) is 14.1. The molecule has 1 N–H and O–H groups in total. The van der Waals surface area contributed by atoms with Gasteiger partial charge >= 0.3 is 0 Å². The maximum atomic E-state index is 12.2. The van der Waals surface area contributed by atoms with Gasteiger partial charge in [-0.1, -0.05) is 0 Å². The van der Waals surface area contributed by atoms with Crippen LogP contribution in [0.15, 0.2) is 11.4 Å². The fourth-order valence-corrected chi connectivity index (χ4v) is 3.42. The Balaban J connectivity index is 1.75. The largest absolute Gasteiger partial charge is 0.393 e. The summed E-state index contributed by atoms with van der Waals surface area (Å²) in [7, 11) is 1.72. The topological polar surface area (TPSA) is 60.9 Å². The SMILES string of the molecule is CC(O)CCN(C)C(=O)CCC(=O)N1CCc2sccc2C1. The van der Waals surface area contributed by atoms with Gasteiger partial charge in [0.05, 0.1) is 6.10 Å². The number of amides is 2. The Hall–Kier alpha value is -1.40. The summed E-state index contributed by atoms with van der Waals surface area (Å²) >= 11 is 1.75. The van der Waals surface area contributed by atoms with Crippen LogP contribution in [0.4, 0.5) is 0 Å². The lowest BCUT2D eigenvalue weighted by Crippen LogP contribution is -2.36. The number of nitrogens with zero attached hydrogens (tertiary/aromatic N) is 2. The predicted molar refractivity (Wildman–Crippen MR) is 86.6 cm³/mol. The summed E-state index contributed by atoms with van der Waals surface area (Å²) in [4.78, 5) is 29.0. The highest BCUT2D eigenvalue weighted by Crippen LogP contribution is 2.24. The Morgan fingerprint density at radius 2 is 2.23 bits per heavy atom. The number of thiophene rings is 1. The Kier molecular flexibility index (Phi) is 5.97. The van der Waals surface area contributed by atoms with Crippen LogP contribution in [-0.2, 0) is 22.6 Å². The van der Waals surface area contributed by atoms with E-state index in [0.29, 0.717) is 19.5 Å². The highest BCUT2D eigenvalue weighted by Gasteiger charge is 2.22. The van der Waals surface area contributed by atoms with Crippen LogP contribution in [-0.4, -0.2) is 53.0 Å². The van der Waals surface area contributed by atoms with Gasteiger partial charge in [0, 0.05) is 44.4 Å². The van der Waals surface area contributed by atoms with E-state index in [4.69, 9.17) is 0 Å². The predicted octanol–water partition coefficient (Wildman–Crippen LogP) is 1.64. The average molecular weight is 324 g/mol. The van der Waals surface area contributed by atoms with E-state index in [9.17, 15) is 14.7 Å². The van der Waals surface area contributed by atoms with Gasteiger partial charge in [-0.25, -0.2) is 0 Å². The first-order chi connectivity index (χ1) is 10.5. The van der Waals surface area contributed by atoms with E-state index < -0.39 is 6.10 Å². The molecule has 1 unspecified atom stereocenters. The summed E-state index contributed by atoms with van der Waals surface area (Å²) in [5.41, 5.74) is 1.24. The van der Waals surface area contributed by atoms with E-state index >= 15 is 0 Å². The molecule has 0 saturated carbocycles. The molecule has 2 amide bonds. The second-order valence-corrected chi connectivity index (χ2v) is 6.89. The first-order valence-electron chi connectivity index (χ1n) is 7.72. The second-order valence-electron chi connectivity index (χ2n) is 5.89. The molecule has 0 radical (unpaired) electrons. The quantitative estimate of drug-likeness (QED) is 0.865. The number of aliphatic hydroxyl groups is 1. The van der Waals surface area contributed by atoms with Crippen molar-refractivity contribution in [3.05, 3.63) is 21.9 Å². The maximum Gasteiger partial charge on any atom is 0.223 e. The van der Waals surface area contributed by atoms with Gasteiger partial charge in [0.25, 0.3) is 0 Å². The number of hydrogen-bond acceptors (Lipinski definition) is 4. The Morgan fingerprint density at radius 1 is 1.45 bits per heavy atom. The molecule has 6 heteroatoms. The number of fused-ring (bicyclic) bond motifs is 1. The summed E-state index contributed by atoms with van der Waals surface area (Å²) < 4.78 is 0. The molecule has 1 aliphatic rings. The molecule has 1 aromatic heterocycles. The number of rotatable bonds is 6. The molecule has 22 heavy (non-hydrogen) atoms. The van der Waals surface area contributed by atoms with Crippen molar-refractivity contribution in [2.45, 2.75) is 45.3 Å². The van der Waals surface area contributed by atoms with Gasteiger partial charge in [-0.2, -0.15) is 0 Å². The fraction of sp³-hybridized carbons (Fsp3) is 0.625. The van der Waals surface area contributed by atoms with Crippen LogP contribution in [0.25, 0.3) is 0 Å². The minimum atomic E-state index is -0.412. The van der Waals surface area contributed by atoms with Crippen molar-refractivity contribution in [2.24, 2.45) is 0 Å². The number of aliphatic hydroxyl groups excluding tert-OH is 1. The zero-order valence-electron chi connectivity index (χ0n) is 13.2. The van der Waals surface area contributed by atoms with E-state index in [1.165, 1.54) is 10.4 Å². The smallest absolute Gasteiger partial charge is 0.223 e. The molecular formula is C16H24N2O3S.